The minimum atomic E-state index is 0.336. The van der Waals surface area contributed by atoms with Crippen LogP contribution in [0.15, 0.2) is 0 Å². The maximum atomic E-state index is 12.1. The highest BCUT2D eigenvalue weighted by Gasteiger charge is 2.57. The predicted molar refractivity (Wildman–Crippen MR) is 72.2 cm³/mol. The van der Waals surface area contributed by atoms with Crippen molar-refractivity contribution in [3.63, 3.8) is 0 Å². The summed E-state index contributed by atoms with van der Waals surface area (Å²) in [5, 5.41) is 6.57. The van der Waals surface area contributed by atoms with Crippen molar-refractivity contribution < 1.29 is 4.79 Å². The number of piperidine rings is 1. The van der Waals surface area contributed by atoms with Crippen LogP contribution >= 0.6 is 0 Å². The second kappa shape index (κ2) is 5.20. The first-order chi connectivity index (χ1) is 8.80. The smallest absolute Gasteiger partial charge is 0.223 e. The van der Waals surface area contributed by atoms with Gasteiger partial charge in [-0.1, -0.05) is 25.7 Å². The first-order valence-corrected chi connectivity index (χ1v) is 7.79. The van der Waals surface area contributed by atoms with Gasteiger partial charge in [0.15, 0.2) is 0 Å². The summed E-state index contributed by atoms with van der Waals surface area (Å²) < 4.78 is 0. The predicted octanol–water partition coefficient (Wildman–Crippen LogP) is 2.07. The molecule has 0 aromatic carbocycles. The van der Waals surface area contributed by atoms with Crippen molar-refractivity contribution >= 4 is 5.91 Å². The Morgan fingerprint density at radius 1 is 1.22 bits per heavy atom. The van der Waals surface area contributed by atoms with E-state index in [9.17, 15) is 4.79 Å². The second-order valence-corrected chi connectivity index (χ2v) is 6.60. The largest absolute Gasteiger partial charge is 0.356 e. The highest BCUT2D eigenvalue weighted by molar-refractivity contribution is 5.82. The molecular weight excluding hydrogens is 224 g/mol. The lowest BCUT2D eigenvalue weighted by Gasteiger charge is -2.23. The van der Waals surface area contributed by atoms with Crippen LogP contribution in [0.2, 0.25) is 0 Å². The molecule has 2 saturated carbocycles. The van der Waals surface area contributed by atoms with Gasteiger partial charge in [0.1, 0.15) is 0 Å². The lowest BCUT2D eigenvalue weighted by Crippen LogP contribution is -2.34. The van der Waals surface area contributed by atoms with Crippen LogP contribution in [0.4, 0.5) is 0 Å². The zero-order valence-corrected chi connectivity index (χ0v) is 11.3. The van der Waals surface area contributed by atoms with Crippen molar-refractivity contribution in [2.24, 2.45) is 17.3 Å². The van der Waals surface area contributed by atoms with Crippen molar-refractivity contribution in [2.45, 2.75) is 51.4 Å². The van der Waals surface area contributed by atoms with Gasteiger partial charge in [-0.2, -0.15) is 0 Å². The quantitative estimate of drug-likeness (QED) is 0.802. The van der Waals surface area contributed by atoms with Crippen molar-refractivity contribution in [2.75, 3.05) is 19.6 Å². The van der Waals surface area contributed by atoms with E-state index in [4.69, 9.17) is 0 Å². The SMILES string of the molecule is O=C(NCCC1CCCC1)C1CC12CCNCC2. The number of carbonyl (C=O) groups excluding carboxylic acids is 1. The minimum absolute atomic E-state index is 0.336. The minimum Gasteiger partial charge on any atom is -0.356 e. The van der Waals surface area contributed by atoms with E-state index < -0.39 is 0 Å². The maximum Gasteiger partial charge on any atom is 0.223 e. The van der Waals surface area contributed by atoms with Crippen LogP contribution < -0.4 is 10.6 Å². The first-order valence-electron chi connectivity index (χ1n) is 7.79. The Morgan fingerprint density at radius 2 is 1.94 bits per heavy atom. The molecule has 3 fully saturated rings. The lowest BCUT2D eigenvalue weighted by molar-refractivity contribution is -0.123. The van der Waals surface area contributed by atoms with E-state index in [1.807, 2.05) is 0 Å². The Labute approximate surface area is 110 Å². The molecule has 1 heterocycles. The molecule has 1 aliphatic heterocycles. The number of rotatable bonds is 4. The maximum absolute atomic E-state index is 12.1. The molecule has 1 amide bonds. The third-order valence-corrected chi connectivity index (χ3v) is 5.43. The monoisotopic (exact) mass is 250 g/mol. The second-order valence-electron chi connectivity index (χ2n) is 6.60. The van der Waals surface area contributed by atoms with E-state index in [0.717, 1.165) is 32.0 Å². The van der Waals surface area contributed by atoms with Gasteiger partial charge < -0.3 is 10.6 Å². The summed E-state index contributed by atoms with van der Waals surface area (Å²) >= 11 is 0. The van der Waals surface area contributed by atoms with Crippen LogP contribution in [0.3, 0.4) is 0 Å². The van der Waals surface area contributed by atoms with Gasteiger partial charge in [0.2, 0.25) is 5.91 Å². The fourth-order valence-corrected chi connectivity index (χ4v) is 4.02. The van der Waals surface area contributed by atoms with Crippen LogP contribution in [0.5, 0.6) is 0 Å². The highest BCUT2D eigenvalue weighted by atomic mass is 16.2. The van der Waals surface area contributed by atoms with E-state index in [-0.39, 0.29) is 0 Å². The molecule has 3 nitrogen and oxygen atoms in total. The summed E-state index contributed by atoms with van der Waals surface area (Å²) in [5.41, 5.74) is 0.392. The van der Waals surface area contributed by atoms with E-state index in [1.165, 1.54) is 44.9 Å². The average Bonchev–Trinajstić information content (AvgIpc) is 2.85. The molecule has 2 aliphatic carbocycles. The molecule has 1 unspecified atom stereocenters. The summed E-state index contributed by atoms with van der Waals surface area (Å²) in [4.78, 5) is 12.1. The summed E-state index contributed by atoms with van der Waals surface area (Å²) in [6.07, 6.45) is 10.3. The Kier molecular flexibility index (Phi) is 3.60. The molecule has 3 heteroatoms. The molecule has 18 heavy (non-hydrogen) atoms. The topological polar surface area (TPSA) is 41.1 Å². The summed E-state index contributed by atoms with van der Waals surface area (Å²) in [7, 11) is 0. The molecule has 3 aliphatic rings. The highest BCUT2D eigenvalue weighted by Crippen LogP contribution is 2.58. The number of amides is 1. The molecule has 0 bridgehead atoms. The standard InChI is InChI=1S/C15H26N2O/c18-14(17-8-5-12-3-1-2-4-12)13-11-15(13)6-9-16-10-7-15/h12-13,16H,1-11H2,(H,17,18). The molecule has 0 aromatic rings. The van der Waals surface area contributed by atoms with Crippen molar-refractivity contribution in [1.82, 2.24) is 10.6 Å². The molecule has 0 aromatic heterocycles. The number of hydrogen-bond acceptors (Lipinski definition) is 2. The Balaban J connectivity index is 1.37. The molecule has 2 N–H and O–H groups in total. The van der Waals surface area contributed by atoms with Crippen LogP contribution in [-0.4, -0.2) is 25.5 Å². The third kappa shape index (κ3) is 2.56. The molecule has 0 radical (unpaired) electrons. The van der Waals surface area contributed by atoms with Gasteiger partial charge in [0.25, 0.3) is 0 Å². The Bertz CT molecular complexity index is 304. The van der Waals surface area contributed by atoms with E-state index in [1.54, 1.807) is 0 Å². The van der Waals surface area contributed by atoms with Crippen LogP contribution in [0.25, 0.3) is 0 Å². The van der Waals surface area contributed by atoms with Gasteiger partial charge in [0, 0.05) is 12.5 Å². The summed E-state index contributed by atoms with van der Waals surface area (Å²) in [6.45, 7) is 3.12. The van der Waals surface area contributed by atoms with Gasteiger partial charge in [0.05, 0.1) is 0 Å². The van der Waals surface area contributed by atoms with Crippen molar-refractivity contribution in [1.29, 1.82) is 0 Å². The fourth-order valence-electron chi connectivity index (χ4n) is 4.02. The van der Waals surface area contributed by atoms with Crippen LogP contribution in [0, 0.1) is 17.3 Å². The van der Waals surface area contributed by atoms with Crippen molar-refractivity contribution in [3.05, 3.63) is 0 Å². The molecule has 3 rings (SSSR count). The molecule has 1 atom stereocenters. The van der Waals surface area contributed by atoms with E-state index in [0.29, 0.717) is 17.2 Å². The van der Waals surface area contributed by atoms with Gasteiger partial charge in [-0.05, 0) is 50.1 Å². The summed E-state index contributed by atoms with van der Waals surface area (Å²) in [6, 6.07) is 0. The van der Waals surface area contributed by atoms with Gasteiger partial charge in [-0.15, -0.1) is 0 Å². The Hall–Kier alpha value is -0.570. The van der Waals surface area contributed by atoms with E-state index >= 15 is 0 Å². The number of hydrogen-bond donors (Lipinski definition) is 2. The van der Waals surface area contributed by atoms with Gasteiger partial charge in [-0.3, -0.25) is 4.79 Å². The Morgan fingerprint density at radius 3 is 2.67 bits per heavy atom. The summed E-state index contributed by atoms with van der Waals surface area (Å²) in [5.74, 6) is 1.57. The molecule has 102 valence electrons. The van der Waals surface area contributed by atoms with Gasteiger partial charge in [-0.25, -0.2) is 0 Å². The zero-order valence-electron chi connectivity index (χ0n) is 11.3. The van der Waals surface area contributed by atoms with Crippen molar-refractivity contribution in [3.8, 4) is 0 Å². The molecular formula is C15H26N2O. The normalized spacial score (nSPS) is 30.6. The van der Waals surface area contributed by atoms with Crippen LogP contribution in [0.1, 0.15) is 51.4 Å². The van der Waals surface area contributed by atoms with E-state index in [2.05, 4.69) is 10.6 Å². The molecule has 1 saturated heterocycles. The third-order valence-electron chi connectivity index (χ3n) is 5.43. The lowest BCUT2D eigenvalue weighted by atomic mass is 9.92. The first kappa shape index (κ1) is 12.5. The zero-order chi connectivity index (χ0) is 12.4. The van der Waals surface area contributed by atoms with Gasteiger partial charge >= 0.3 is 0 Å². The average molecular weight is 250 g/mol. The fraction of sp³-hybridized carbons (Fsp3) is 0.933. The number of carbonyl (C=O) groups is 1. The van der Waals surface area contributed by atoms with Crippen LogP contribution in [-0.2, 0) is 4.79 Å². The molecule has 1 spiro atoms. The number of nitrogens with one attached hydrogen (secondary N) is 2.